The highest BCUT2D eigenvalue weighted by Crippen LogP contribution is 2.01. The predicted molar refractivity (Wildman–Crippen MR) is 81.6 cm³/mol. The third kappa shape index (κ3) is 5.73. The fourth-order valence-electron chi connectivity index (χ4n) is 1.80. The summed E-state index contributed by atoms with van der Waals surface area (Å²) in [7, 11) is 0. The van der Waals surface area contributed by atoms with Gasteiger partial charge in [-0.25, -0.2) is 9.48 Å². The Morgan fingerprint density at radius 1 is 1.30 bits per heavy atom. The van der Waals surface area contributed by atoms with Crippen LogP contribution in [0.3, 0.4) is 0 Å². The molecule has 0 spiro atoms. The second kappa shape index (κ2) is 8.47. The van der Waals surface area contributed by atoms with Crippen molar-refractivity contribution >= 4 is 17.8 Å². The van der Waals surface area contributed by atoms with Gasteiger partial charge in [-0.05, 0) is 31.0 Å². The van der Waals surface area contributed by atoms with E-state index in [4.69, 9.17) is 4.74 Å². The maximum Gasteiger partial charge on any atom is 0.412 e. The van der Waals surface area contributed by atoms with Crippen LogP contribution in [0.2, 0.25) is 0 Å². The van der Waals surface area contributed by atoms with Gasteiger partial charge in [-0.3, -0.25) is 15.1 Å². The van der Waals surface area contributed by atoms with Crippen molar-refractivity contribution in [2.24, 2.45) is 0 Å². The van der Waals surface area contributed by atoms with Crippen molar-refractivity contribution in [3.63, 3.8) is 0 Å². The van der Waals surface area contributed by atoms with E-state index in [2.05, 4.69) is 25.9 Å². The van der Waals surface area contributed by atoms with Crippen molar-refractivity contribution in [1.29, 1.82) is 0 Å². The Bertz CT molecular complexity index is 643. The molecule has 2 aromatic heterocycles. The van der Waals surface area contributed by atoms with Gasteiger partial charge in [-0.15, -0.1) is 5.10 Å². The highest BCUT2D eigenvalue weighted by atomic mass is 16.5. The lowest BCUT2D eigenvalue weighted by atomic mass is 10.2. The number of carbonyl (C=O) groups excluding carboxylic acids is 2. The van der Waals surface area contributed by atoms with Crippen LogP contribution in [0.25, 0.3) is 0 Å². The van der Waals surface area contributed by atoms with E-state index in [0.717, 1.165) is 12.0 Å². The lowest BCUT2D eigenvalue weighted by Crippen LogP contribution is -2.29. The van der Waals surface area contributed by atoms with Gasteiger partial charge in [0.1, 0.15) is 6.54 Å². The maximum absolute atomic E-state index is 11.8. The molecule has 2 N–H and O–H groups in total. The number of nitrogens with one attached hydrogen (secondary N) is 2. The van der Waals surface area contributed by atoms with Gasteiger partial charge in [-0.1, -0.05) is 5.21 Å². The molecule has 0 fully saturated rings. The lowest BCUT2D eigenvalue weighted by molar-refractivity contribution is -0.121. The van der Waals surface area contributed by atoms with Crippen LogP contribution < -0.4 is 10.6 Å². The molecule has 0 aliphatic carbocycles. The molecule has 2 heterocycles. The predicted octanol–water partition coefficient (Wildman–Crippen LogP) is 0.600. The smallest absolute Gasteiger partial charge is 0.412 e. The molecular formula is C14H18N6O3. The van der Waals surface area contributed by atoms with Gasteiger partial charge < -0.3 is 10.1 Å². The molecule has 0 saturated heterocycles. The number of hydrogen-bond acceptors (Lipinski definition) is 6. The molecule has 0 atom stereocenters. The molecule has 0 aliphatic heterocycles. The van der Waals surface area contributed by atoms with Crippen LogP contribution in [0.4, 0.5) is 10.6 Å². The van der Waals surface area contributed by atoms with Gasteiger partial charge in [0, 0.05) is 18.9 Å². The summed E-state index contributed by atoms with van der Waals surface area (Å²) in [5, 5.41) is 12.7. The van der Waals surface area contributed by atoms with Crippen LogP contribution in [0.1, 0.15) is 12.5 Å². The number of anilines is 1. The molecule has 0 aliphatic rings. The zero-order valence-corrected chi connectivity index (χ0v) is 12.7. The molecular weight excluding hydrogens is 300 g/mol. The normalized spacial score (nSPS) is 10.1. The van der Waals surface area contributed by atoms with Gasteiger partial charge in [0.15, 0.2) is 5.82 Å². The Labute approximate surface area is 133 Å². The van der Waals surface area contributed by atoms with Crippen LogP contribution in [0.5, 0.6) is 0 Å². The molecule has 9 nitrogen and oxygen atoms in total. The standard InChI is InChI=1S/C14H18N6O3/c1-2-23-14(22)17-12-9-20(19-18-12)10-13(21)16-8-5-11-3-6-15-7-4-11/h3-4,6-7,9H,2,5,8,10H2,1H3,(H,16,21)(H,17,22). The monoisotopic (exact) mass is 318 g/mol. The molecule has 0 radical (unpaired) electrons. The number of amides is 2. The Balaban J connectivity index is 1.73. The van der Waals surface area contributed by atoms with E-state index in [1.165, 1.54) is 10.9 Å². The molecule has 23 heavy (non-hydrogen) atoms. The number of carbonyl (C=O) groups is 2. The second-order valence-electron chi connectivity index (χ2n) is 4.60. The summed E-state index contributed by atoms with van der Waals surface area (Å²) in [6, 6.07) is 3.80. The Kier molecular flexibility index (Phi) is 6.04. The number of ether oxygens (including phenoxy) is 1. The first-order valence-electron chi connectivity index (χ1n) is 7.17. The zero-order chi connectivity index (χ0) is 16.5. The van der Waals surface area contributed by atoms with E-state index in [0.29, 0.717) is 6.54 Å². The summed E-state index contributed by atoms with van der Waals surface area (Å²) in [6.07, 6.45) is 5.00. The zero-order valence-electron chi connectivity index (χ0n) is 12.7. The fraction of sp³-hybridized carbons (Fsp3) is 0.357. The maximum atomic E-state index is 11.8. The number of rotatable bonds is 7. The first kappa shape index (κ1) is 16.4. The minimum Gasteiger partial charge on any atom is -0.450 e. The first-order chi connectivity index (χ1) is 11.2. The Morgan fingerprint density at radius 2 is 2.09 bits per heavy atom. The summed E-state index contributed by atoms with van der Waals surface area (Å²) in [4.78, 5) is 27.0. The highest BCUT2D eigenvalue weighted by Gasteiger charge is 2.08. The third-order valence-corrected chi connectivity index (χ3v) is 2.84. The molecule has 0 bridgehead atoms. The van der Waals surface area contributed by atoms with Crippen LogP contribution in [-0.2, 0) is 22.5 Å². The van der Waals surface area contributed by atoms with E-state index in [-0.39, 0.29) is 24.9 Å². The van der Waals surface area contributed by atoms with Crippen LogP contribution in [-0.4, -0.2) is 45.1 Å². The lowest BCUT2D eigenvalue weighted by Gasteiger charge is -2.05. The van der Waals surface area contributed by atoms with Crippen LogP contribution >= 0.6 is 0 Å². The number of nitrogens with zero attached hydrogens (tertiary/aromatic N) is 4. The molecule has 0 aromatic carbocycles. The average molecular weight is 318 g/mol. The quantitative estimate of drug-likeness (QED) is 0.773. The summed E-state index contributed by atoms with van der Waals surface area (Å²) in [5.41, 5.74) is 1.10. The number of pyridine rings is 1. The van der Waals surface area contributed by atoms with Crippen molar-refractivity contribution in [2.45, 2.75) is 19.9 Å². The SMILES string of the molecule is CCOC(=O)Nc1cn(CC(=O)NCCc2ccncc2)nn1. The van der Waals surface area contributed by atoms with Crippen LogP contribution in [0, 0.1) is 0 Å². The second-order valence-corrected chi connectivity index (χ2v) is 4.60. The fourth-order valence-corrected chi connectivity index (χ4v) is 1.80. The Morgan fingerprint density at radius 3 is 2.83 bits per heavy atom. The van der Waals surface area contributed by atoms with E-state index in [1.807, 2.05) is 12.1 Å². The van der Waals surface area contributed by atoms with Gasteiger partial charge >= 0.3 is 6.09 Å². The number of hydrogen-bond donors (Lipinski definition) is 2. The van der Waals surface area contributed by atoms with Gasteiger partial charge in [0.05, 0.1) is 12.8 Å². The van der Waals surface area contributed by atoms with E-state index in [1.54, 1.807) is 19.3 Å². The Hall–Kier alpha value is -2.97. The van der Waals surface area contributed by atoms with E-state index >= 15 is 0 Å². The molecule has 0 saturated carbocycles. The first-order valence-corrected chi connectivity index (χ1v) is 7.17. The van der Waals surface area contributed by atoms with Gasteiger partial charge in [0.25, 0.3) is 0 Å². The minimum atomic E-state index is -0.610. The largest absolute Gasteiger partial charge is 0.450 e. The van der Waals surface area contributed by atoms with Crippen molar-refractivity contribution in [1.82, 2.24) is 25.3 Å². The third-order valence-electron chi connectivity index (χ3n) is 2.84. The topological polar surface area (TPSA) is 111 Å². The average Bonchev–Trinajstić information content (AvgIpc) is 2.95. The van der Waals surface area contributed by atoms with Crippen molar-refractivity contribution < 1.29 is 14.3 Å². The summed E-state index contributed by atoms with van der Waals surface area (Å²) < 4.78 is 6.06. The van der Waals surface area contributed by atoms with E-state index in [9.17, 15) is 9.59 Å². The van der Waals surface area contributed by atoms with Crippen LogP contribution in [0.15, 0.2) is 30.7 Å². The molecule has 9 heteroatoms. The van der Waals surface area contributed by atoms with Crippen molar-refractivity contribution in [2.75, 3.05) is 18.5 Å². The molecule has 2 rings (SSSR count). The molecule has 2 aromatic rings. The van der Waals surface area contributed by atoms with E-state index < -0.39 is 6.09 Å². The molecule has 2 amide bonds. The van der Waals surface area contributed by atoms with Gasteiger partial charge in [0.2, 0.25) is 5.91 Å². The summed E-state index contributed by atoms with van der Waals surface area (Å²) in [6.45, 7) is 2.51. The number of aromatic nitrogens is 4. The van der Waals surface area contributed by atoms with Crippen molar-refractivity contribution in [3.8, 4) is 0 Å². The summed E-state index contributed by atoms with van der Waals surface area (Å²) >= 11 is 0. The molecule has 122 valence electrons. The minimum absolute atomic E-state index is 0.0217. The van der Waals surface area contributed by atoms with Crippen molar-refractivity contribution in [3.05, 3.63) is 36.3 Å². The highest BCUT2D eigenvalue weighted by molar-refractivity contribution is 5.83. The molecule has 0 unspecified atom stereocenters. The summed E-state index contributed by atoms with van der Waals surface area (Å²) in [5.74, 6) is 0.0414. The van der Waals surface area contributed by atoms with Gasteiger partial charge in [-0.2, -0.15) is 0 Å².